The second-order valence-corrected chi connectivity index (χ2v) is 1.01. The van der Waals surface area contributed by atoms with Gasteiger partial charge in [0.05, 0.1) is 0 Å². The van der Waals surface area contributed by atoms with Crippen LogP contribution in [0.5, 0.6) is 0 Å². The number of aliphatic carboxylic acids is 1. The number of aliphatic hydroxyl groups is 1. The largest absolute Gasteiger partial charge is 1.00 e. The van der Waals surface area contributed by atoms with Crippen molar-refractivity contribution >= 4 is 5.97 Å². The molecule has 0 aromatic carbocycles. The summed E-state index contributed by atoms with van der Waals surface area (Å²) in [5.74, 6) is -1.19. The minimum absolute atomic E-state index is 0. The minimum atomic E-state index is -1.23. The van der Waals surface area contributed by atoms with Crippen molar-refractivity contribution in [1.29, 1.82) is 0 Å². The zero-order valence-electron chi connectivity index (χ0n) is 5.38. The van der Waals surface area contributed by atoms with E-state index in [9.17, 15) is 4.79 Å². The van der Waals surface area contributed by atoms with Crippen LogP contribution in [0.4, 0.5) is 0 Å². The molecule has 0 saturated heterocycles. The van der Waals surface area contributed by atoms with Gasteiger partial charge in [0, 0.05) is 0 Å². The predicted octanol–water partition coefficient (Wildman–Crippen LogP) is -3.43. The van der Waals surface area contributed by atoms with E-state index in [1.54, 1.807) is 0 Å². The van der Waals surface area contributed by atoms with Gasteiger partial charge >= 0.3 is 35.5 Å². The molecule has 0 aromatic rings. The summed E-state index contributed by atoms with van der Waals surface area (Å²) in [6, 6.07) is 0. The van der Waals surface area contributed by atoms with Crippen molar-refractivity contribution < 1.29 is 46.0 Å². The van der Waals surface area contributed by atoms with Gasteiger partial charge in [-0.05, 0) is 6.92 Å². The summed E-state index contributed by atoms with van der Waals surface area (Å²) in [7, 11) is 0. The fourth-order valence-electron chi connectivity index (χ4n) is 0. The van der Waals surface area contributed by atoms with Crippen LogP contribution in [0.1, 0.15) is 8.35 Å². The first kappa shape index (κ1) is 10.4. The minimum Gasteiger partial charge on any atom is -1.00 e. The Hall–Kier alpha value is 0.430. The fourth-order valence-corrected chi connectivity index (χ4v) is 0. The molecule has 0 heterocycles. The van der Waals surface area contributed by atoms with Crippen LogP contribution in [0.2, 0.25) is 0 Å². The maximum Gasteiger partial charge on any atom is 1.00 e. The molecule has 3 nitrogen and oxygen atoms in total. The van der Waals surface area contributed by atoms with Crippen molar-refractivity contribution in [3.05, 3.63) is 0 Å². The number of carboxylic acids is 1. The van der Waals surface area contributed by atoms with E-state index in [-0.39, 0.29) is 31.0 Å². The Labute approximate surface area is 65.1 Å². The van der Waals surface area contributed by atoms with Crippen LogP contribution in [0.3, 0.4) is 0 Å². The van der Waals surface area contributed by atoms with Crippen molar-refractivity contribution in [1.82, 2.24) is 0 Å². The zero-order chi connectivity index (χ0) is 5.15. The first-order valence-electron chi connectivity index (χ1n) is 1.55. The quantitative estimate of drug-likeness (QED) is 0.349. The first-order chi connectivity index (χ1) is 2.64. The summed E-state index contributed by atoms with van der Waals surface area (Å²) in [6.45, 7) is 1.20. The molecule has 0 bridgehead atoms. The van der Waals surface area contributed by atoms with Crippen LogP contribution in [-0.4, -0.2) is 22.3 Å². The third kappa shape index (κ3) is 6.43. The van der Waals surface area contributed by atoms with Gasteiger partial charge in [-0.25, -0.2) is 4.79 Å². The molecule has 0 aliphatic rings. The van der Waals surface area contributed by atoms with Crippen LogP contribution in [0.15, 0.2) is 0 Å². The molecule has 0 fully saturated rings. The van der Waals surface area contributed by atoms with Crippen LogP contribution < -0.4 is 29.6 Å². The Morgan fingerprint density at radius 2 is 2.00 bits per heavy atom. The molecular weight excluding hydrogens is 107 g/mol. The summed E-state index contributed by atoms with van der Waals surface area (Å²) in [6.07, 6.45) is -1.23. The number of rotatable bonds is 1. The van der Waals surface area contributed by atoms with E-state index in [1.165, 1.54) is 6.92 Å². The van der Waals surface area contributed by atoms with Gasteiger partial charge < -0.3 is 11.6 Å². The third-order valence-electron chi connectivity index (χ3n) is 0.357. The van der Waals surface area contributed by atoms with E-state index >= 15 is 0 Å². The smallest absolute Gasteiger partial charge is 1.00 e. The SMILES string of the molecule is C[C@@H](O)C(=O)O.[H-].[Na+]. The van der Waals surface area contributed by atoms with Gasteiger partial charge in [0.1, 0.15) is 6.10 Å². The van der Waals surface area contributed by atoms with Gasteiger partial charge in [-0.15, -0.1) is 0 Å². The molecule has 0 aliphatic heterocycles. The molecule has 38 valence electrons. The maximum atomic E-state index is 9.45. The van der Waals surface area contributed by atoms with Gasteiger partial charge in [-0.3, -0.25) is 0 Å². The average molecular weight is 114 g/mol. The molecular formula is C3H7NaO3. The zero-order valence-corrected chi connectivity index (χ0v) is 6.38. The number of hydrogen-bond donors (Lipinski definition) is 2. The third-order valence-corrected chi connectivity index (χ3v) is 0.357. The molecule has 0 unspecified atom stereocenters. The van der Waals surface area contributed by atoms with Crippen LogP contribution >= 0.6 is 0 Å². The second-order valence-electron chi connectivity index (χ2n) is 1.01. The molecule has 0 rings (SSSR count). The van der Waals surface area contributed by atoms with Crippen molar-refractivity contribution in [3.63, 3.8) is 0 Å². The van der Waals surface area contributed by atoms with Gasteiger partial charge in [-0.2, -0.15) is 0 Å². The van der Waals surface area contributed by atoms with Crippen LogP contribution in [-0.2, 0) is 4.79 Å². The summed E-state index contributed by atoms with van der Waals surface area (Å²) in [5, 5.41) is 15.8. The van der Waals surface area contributed by atoms with E-state index in [0.29, 0.717) is 0 Å². The summed E-state index contributed by atoms with van der Waals surface area (Å²) < 4.78 is 0. The summed E-state index contributed by atoms with van der Waals surface area (Å²) >= 11 is 0. The molecule has 0 spiro atoms. The predicted molar refractivity (Wildman–Crippen MR) is 20.4 cm³/mol. The topological polar surface area (TPSA) is 57.5 Å². The van der Waals surface area contributed by atoms with Gasteiger partial charge in [0.15, 0.2) is 0 Å². The Morgan fingerprint density at radius 3 is 2.00 bits per heavy atom. The molecule has 2 N–H and O–H groups in total. The van der Waals surface area contributed by atoms with Crippen molar-refractivity contribution in [2.24, 2.45) is 0 Å². The number of carbonyl (C=O) groups is 1. The molecule has 0 aliphatic carbocycles. The number of hydrogen-bond acceptors (Lipinski definition) is 2. The summed E-state index contributed by atoms with van der Waals surface area (Å²) in [5.41, 5.74) is 0. The number of carboxylic acid groups (broad SMARTS) is 1. The Balaban J connectivity index is -0.000000125. The molecule has 1 atom stereocenters. The van der Waals surface area contributed by atoms with Crippen molar-refractivity contribution in [2.45, 2.75) is 13.0 Å². The average Bonchev–Trinajstić information content (AvgIpc) is 1.36. The van der Waals surface area contributed by atoms with E-state index in [1.807, 2.05) is 0 Å². The second kappa shape index (κ2) is 4.59. The van der Waals surface area contributed by atoms with E-state index in [2.05, 4.69) is 0 Å². The number of aliphatic hydroxyl groups excluding tert-OH is 1. The normalized spacial score (nSPS) is 11.7. The van der Waals surface area contributed by atoms with Crippen molar-refractivity contribution in [2.75, 3.05) is 0 Å². The van der Waals surface area contributed by atoms with Crippen molar-refractivity contribution in [3.8, 4) is 0 Å². The van der Waals surface area contributed by atoms with Crippen LogP contribution in [0, 0.1) is 0 Å². The van der Waals surface area contributed by atoms with Gasteiger partial charge in [-0.1, -0.05) is 0 Å². The van der Waals surface area contributed by atoms with Crippen LogP contribution in [0.25, 0.3) is 0 Å². The van der Waals surface area contributed by atoms with Gasteiger partial charge in [0.2, 0.25) is 0 Å². The van der Waals surface area contributed by atoms with Gasteiger partial charge in [0.25, 0.3) is 0 Å². The maximum absolute atomic E-state index is 9.45. The standard InChI is InChI=1S/C3H6O3.Na.H/c1-2(4)3(5)6;;/h2,4H,1H3,(H,5,6);;/q;+1;-1/t2-;;/m1../s1. The fraction of sp³-hybridized carbons (Fsp3) is 0.667. The van der Waals surface area contributed by atoms with E-state index in [4.69, 9.17) is 10.2 Å². The summed E-state index contributed by atoms with van der Waals surface area (Å²) in [4.78, 5) is 9.45. The van der Waals surface area contributed by atoms with E-state index < -0.39 is 12.1 Å². The Kier molecular flexibility index (Phi) is 6.82. The first-order valence-corrected chi connectivity index (χ1v) is 1.55. The molecule has 0 amide bonds. The molecule has 0 radical (unpaired) electrons. The molecule has 0 aromatic heterocycles. The monoisotopic (exact) mass is 114 g/mol. The van der Waals surface area contributed by atoms with E-state index in [0.717, 1.165) is 0 Å². The molecule has 7 heavy (non-hydrogen) atoms. The molecule has 4 heteroatoms. The molecule has 0 saturated carbocycles. The Morgan fingerprint density at radius 1 is 1.86 bits per heavy atom. The Bertz CT molecular complexity index is 65.5.